The van der Waals surface area contributed by atoms with Gasteiger partial charge in [0.25, 0.3) is 11.6 Å². The molecule has 4 nitrogen and oxygen atoms in total. The SMILES string of the molecule is COc1nc(C)cc(=O)n1Cc1cccc(C(F)(F)F)c1. The molecule has 1 aromatic carbocycles. The zero-order valence-corrected chi connectivity index (χ0v) is 11.4. The second-order valence-electron chi connectivity index (χ2n) is 4.51. The Hall–Kier alpha value is -2.31. The van der Waals surface area contributed by atoms with Gasteiger partial charge < -0.3 is 4.74 Å². The van der Waals surface area contributed by atoms with E-state index in [1.54, 1.807) is 6.92 Å². The summed E-state index contributed by atoms with van der Waals surface area (Å²) in [6.45, 7) is 1.59. The molecule has 0 aliphatic rings. The molecule has 1 aromatic heterocycles. The van der Waals surface area contributed by atoms with Crippen molar-refractivity contribution in [3.8, 4) is 6.01 Å². The van der Waals surface area contributed by atoms with E-state index in [2.05, 4.69) is 4.98 Å². The monoisotopic (exact) mass is 298 g/mol. The fraction of sp³-hybridized carbons (Fsp3) is 0.286. The molecular weight excluding hydrogens is 285 g/mol. The van der Waals surface area contributed by atoms with Crippen LogP contribution in [0.2, 0.25) is 0 Å². The lowest BCUT2D eigenvalue weighted by molar-refractivity contribution is -0.137. The second kappa shape index (κ2) is 5.59. The first kappa shape index (κ1) is 15.1. The minimum Gasteiger partial charge on any atom is -0.468 e. The van der Waals surface area contributed by atoms with Crippen LogP contribution in [0, 0.1) is 6.92 Å². The minimum atomic E-state index is -4.42. The maximum Gasteiger partial charge on any atom is 0.416 e. The van der Waals surface area contributed by atoms with Crippen LogP contribution in [0.3, 0.4) is 0 Å². The molecule has 112 valence electrons. The largest absolute Gasteiger partial charge is 0.468 e. The standard InChI is InChI=1S/C14H13F3N2O2/c1-9-6-12(20)19(13(18-9)21-2)8-10-4-3-5-11(7-10)14(15,16)17/h3-7H,8H2,1-2H3. The van der Waals surface area contributed by atoms with E-state index in [9.17, 15) is 18.0 Å². The van der Waals surface area contributed by atoms with Gasteiger partial charge in [-0.25, -0.2) is 4.98 Å². The number of hydrogen-bond acceptors (Lipinski definition) is 3. The van der Waals surface area contributed by atoms with E-state index in [4.69, 9.17) is 4.74 Å². The van der Waals surface area contributed by atoms with Crippen molar-refractivity contribution in [1.82, 2.24) is 9.55 Å². The van der Waals surface area contributed by atoms with Gasteiger partial charge in [-0.05, 0) is 24.6 Å². The second-order valence-corrected chi connectivity index (χ2v) is 4.51. The van der Waals surface area contributed by atoms with Crippen molar-refractivity contribution in [2.24, 2.45) is 0 Å². The molecule has 0 spiro atoms. The highest BCUT2D eigenvalue weighted by molar-refractivity contribution is 5.26. The Morgan fingerprint density at radius 3 is 2.62 bits per heavy atom. The number of methoxy groups -OCH3 is 1. The van der Waals surface area contributed by atoms with Crippen LogP contribution in [0.1, 0.15) is 16.8 Å². The summed E-state index contributed by atoms with van der Waals surface area (Å²) in [4.78, 5) is 16.0. The maximum absolute atomic E-state index is 12.7. The summed E-state index contributed by atoms with van der Waals surface area (Å²) in [6.07, 6.45) is -4.42. The molecule has 0 unspecified atom stereocenters. The van der Waals surface area contributed by atoms with E-state index in [0.29, 0.717) is 11.3 Å². The predicted molar refractivity (Wildman–Crippen MR) is 70.3 cm³/mol. The lowest BCUT2D eigenvalue weighted by atomic mass is 10.1. The van der Waals surface area contributed by atoms with Gasteiger partial charge in [0.05, 0.1) is 19.2 Å². The van der Waals surface area contributed by atoms with Gasteiger partial charge in [-0.2, -0.15) is 13.2 Å². The number of nitrogens with zero attached hydrogens (tertiary/aromatic N) is 2. The van der Waals surface area contributed by atoms with E-state index in [0.717, 1.165) is 12.1 Å². The van der Waals surface area contributed by atoms with E-state index < -0.39 is 11.7 Å². The number of benzene rings is 1. The van der Waals surface area contributed by atoms with Gasteiger partial charge in [0.15, 0.2) is 0 Å². The Labute approximate surface area is 118 Å². The summed E-state index contributed by atoms with van der Waals surface area (Å²) in [5.74, 6) is 0. The van der Waals surface area contributed by atoms with Crippen molar-refractivity contribution in [3.05, 3.63) is 57.5 Å². The molecule has 1 heterocycles. The lowest BCUT2D eigenvalue weighted by Gasteiger charge is -2.12. The van der Waals surface area contributed by atoms with Crippen LogP contribution < -0.4 is 10.3 Å². The first-order chi connectivity index (χ1) is 9.81. The Bertz CT molecular complexity index is 708. The molecular formula is C14H13F3N2O2. The van der Waals surface area contributed by atoms with Crippen LogP contribution in [0.25, 0.3) is 0 Å². The number of aromatic nitrogens is 2. The summed E-state index contributed by atoms with van der Waals surface area (Å²) in [5.41, 5.74) is -0.308. The summed E-state index contributed by atoms with van der Waals surface area (Å²) < 4.78 is 44.2. The normalized spacial score (nSPS) is 11.5. The molecule has 21 heavy (non-hydrogen) atoms. The lowest BCUT2D eigenvalue weighted by Crippen LogP contribution is -2.23. The molecule has 0 aliphatic heterocycles. The van der Waals surface area contributed by atoms with Gasteiger partial charge in [0, 0.05) is 11.8 Å². The third-order valence-corrected chi connectivity index (χ3v) is 2.88. The van der Waals surface area contributed by atoms with Gasteiger partial charge in [-0.1, -0.05) is 12.1 Å². The molecule has 0 bridgehead atoms. The van der Waals surface area contributed by atoms with E-state index in [1.807, 2.05) is 0 Å². The fourth-order valence-electron chi connectivity index (χ4n) is 1.92. The molecule has 0 fully saturated rings. The number of alkyl halides is 3. The molecule has 0 radical (unpaired) electrons. The Kier molecular flexibility index (Phi) is 4.02. The van der Waals surface area contributed by atoms with E-state index in [-0.39, 0.29) is 18.1 Å². The van der Waals surface area contributed by atoms with Crippen LogP contribution in [0.4, 0.5) is 13.2 Å². The molecule has 0 saturated heterocycles. The summed E-state index contributed by atoms with van der Waals surface area (Å²) in [6, 6.07) is 6.18. The number of aryl methyl sites for hydroxylation is 1. The van der Waals surface area contributed by atoms with Crippen LogP contribution in [0.15, 0.2) is 35.1 Å². The zero-order valence-electron chi connectivity index (χ0n) is 11.4. The van der Waals surface area contributed by atoms with Crippen molar-refractivity contribution >= 4 is 0 Å². The summed E-state index contributed by atoms with van der Waals surface area (Å²) in [7, 11) is 1.35. The highest BCUT2D eigenvalue weighted by atomic mass is 19.4. The van der Waals surface area contributed by atoms with Crippen molar-refractivity contribution in [2.75, 3.05) is 7.11 Å². The van der Waals surface area contributed by atoms with Gasteiger partial charge >= 0.3 is 6.18 Å². The summed E-state index contributed by atoms with van der Waals surface area (Å²) in [5, 5.41) is 0. The Morgan fingerprint density at radius 2 is 2.00 bits per heavy atom. The fourth-order valence-corrected chi connectivity index (χ4v) is 1.92. The van der Waals surface area contributed by atoms with Gasteiger partial charge in [0.2, 0.25) is 0 Å². The molecule has 2 rings (SSSR count). The first-order valence-electron chi connectivity index (χ1n) is 6.10. The predicted octanol–water partition coefficient (Wildman–Crippen LogP) is 2.63. The summed E-state index contributed by atoms with van der Waals surface area (Å²) >= 11 is 0. The maximum atomic E-state index is 12.7. The highest BCUT2D eigenvalue weighted by Crippen LogP contribution is 2.29. The minimum absolute atomic E-state index is 0.0425. The number of rotatable bonds is 3. The van der Waals surface area contributed by atoms with Gasteiger partial charge in [0.1, 0.15) is 0 Å². The number of ether oxygens (including phenoxy) is 1. The molecule has 7 heteroatoms. The Balaban J connectivity index is 2.42. The topological polar surface area (TPSA) is 44.1 Å². The highest BCUT2D eigenvalue weighted by Gasteiger charge is 2.30. The van der Waals surface area contributed by atoms with Gasteiger partial charge in [-0.15, -0.1) is 0 Å². The number of halogens is 3. The average molecular weight is 298 g/mol. The van der Waals surface area contributed by atoms with Crippen molar-refractivity contribution < 1.29 is 17.9 Å². The molecule has 0 aliphatic carbocycles. The third kappa shape index (κ3) is 3.42. The number of hydrogen-bond donors (Lipinski definition) is 0. The molecule has 0 saturated carbocycles. The van der Waals surface area contributed by atoms with E-state index in [1.165, 1.54) is 29.9 Å². The van der Waals surface area contributed by atoms with Crippen LogP contribution in [-0.4, -0.2) is 16.7 Å². The zero-order chi connectivity index (χ0) is 15.6. The Morgan fingerprint density at radius 1 is 1.29 bits per heavy atom. The van der Waals surface area contributed by atoms with Crippen LogP contribution in [0.5, 0.6) is 6.01 Å². The smallest absolute Gasteiger partial charge is 0.416 e. The van der Waals surface area contributed by atoms with E-state index >= 15 is 0 Å². The van der Waals surface area contributed by atoms with Crippen LogP contribution >= 0.6 is 0 Å². The van der Waals surface area contributed by atoms with Crippen molar-refractivity contribution in [2.45, 2.75) is 19.6 Å². The molecule has 0 atom stereocenters. The van der Waals surface area contributed by atoms with Gasteiger partial charge in [-0.3, -0.25) is 9.36 Å². The molecule has 2 aromatic rings. The molecule has 0 N–H and O–H groups in total. The van der Waals surface area contributed by atoms with Crippen molar-refractivity contribution in [1.29, 1.82) is 0 Å². The third-order valence-electron chi connectivity index (χ3n) is 2.88. The van der Waals surface area contributed by atoms with Crippen LogP contribution in [-0.2, 0) is 12.7 Å². The average Bonchev–Trinajstić information content (AvgIpc) is 2.41. The van der Waals surface area contributed by atoms with Crippen molar-refractivity contribution in [3.63, 3.8) is 0 Å². The first-order valence-corrected chi connectivity index (χ1v) is 6.10. The molecule has 0 amide bonds. The quantitative estimate of drug-likeness (QED) is 0.875.